The minimum absolute atomic E-state index is 0.475. The summed E-state index contributed by atoms with van der Waals surface area (Å²) in [6, 6.07) is 0. The molecule has 1 saturated carbocycles. The Morgan fingerprint density at radius 3 is 2.20 bits per heavy atom. The van der Waals surface area contributed by atoms with E-state index in [1.807, 2.05) is 0 Å². The summed E-state index contributed by atoms with van der Waals surface area (Å²) in [5.41, 5.74) is 1.80. The van der Waals surface area contributed by atoms with Gasteiger partial charge in [0, 0.05) is 12.1 Å². The first-order valence-electron chi connectivity index (χ1n) is 6.73. The first kappa shape index (κ1) is 10.1. The molecule has 0 bridgehead atoms. The molecule has 1 nitrogen and oxygen atoms in total. The van der Waals surface area contributed by atoms with Crippen LogP contribution >= 0.6 is 0 Å². The van der Waals surface area contributed by atoms with Crippen molar-refractivity contribution in [3.63, 3.8) is 0 Å². The molecule has 1 spiro atoms. The van der Waals surface area contributed by atoms with E-state index in [-0.39, 0.29) is 0 Å². The predicted octanol–water partition coefficient (Wildman–Crippen LogP) is 3.44. The zero-order valence-electron chi connectivity index (χ0n) is 10.6. The first-order chi connectivity index (χ1) is 6.98. The van der Waals surface area contributed by atoms with Gasteiger partial charge in [0.25, 0.3) is 0 Å². The Morgan fingerprint density at radius 2 is 1.73 bits per heavy atom. The molecule has 0 aromatic rings. The second-order valence-corrected chi connectivity index (χ2v) is 7.34. The Morgan fingerprint density at radius 1 is 1.00 bits per heavy atom. The lowest BCUT2D eigenvalue weighted by atomic mass is 9.61. The highest BCUT2D eigenvalue weighted by Gasteiger charge is 2.60. The Hall–Kier alpha value is -0.0400. The van der Waals surface area contributed by atoms with Gasteiger partial charge >= 0.3 is 0 Å². The van der Waals surface area contributed by atoms with Crippen LogP contribution in [0.1, 0.15) is 59.3 Å². The highest BCUT2D eigenvalue weighted by Crippen LogP contribution is 2.61. The maximum atomic E-state index is 2.85. The Kier molecular flexibility index (Phi) is 1.89. The van der Waals surface area contributed by atoms with Crippen molar-refractivity contribution in [2.24, 2.45) is 10.8 Å². The van der Waals surface area contributed by atoms with Gasteiger partial charge in [-0.25, -0.2) is 0 Å². The molecule has 1 unspecified atom stereocenters. The standard InChI is InChI=1S/C14H25N/c1-12(2,3)14-8-5-9-15(14)11-13(10-14)6-4-7-13/h4-11H2,1-3H3. The third-order valence-electron chi connectivity index (χ3n) is 5.63. The van der Waals surface area contributed by atoms with E-state index in [2.05, 4.69) is 25.7 Å². The predicted molar refractivity (Wildman–Crippen MR) is 63.9 cm³/mol. The molecule has 1 heteroatoms. The number of hydrogen-bond acceptors (Lipinski definition) is 1. The van der Waals surface area contributed by atoms with E-state index >= 15 is 0 Å². The molecule has 1 aliphatic carbocycles. The molecular formula is C14H25N. The molecule has 86 valence electrons. The van der Waals surface area contributed by atoms with Gasteiger partial charge in [-0.15, -0.1) is 0 Å². The maximum absolute atomic E-state index is 2.85. The molecule has 0 aromatic carbocycles. The summed E-state index contributed by atoms with van der Waals surface area (Å²) in [6.07, 6.45) is 8.92. The molecule has 0 radical (unpaired) electrons. The third kappa shape index (κ3) is 1.19. The number of nitrogens with zero attached hydrogens (tertiary/aromatic N) is 1. The topological polar surface area (TPSA) is 3.24 Å². The van der Waals surface area contributed by atoms with E-state index in [1.165, 1.54) is 51.6 Å². The van der Waals surface area contributed by atoms with Gasteiger partial charge in [-0.05, 0) is 49.5 Å². The quantitative estimate of drug-likeness (QED) is 0.588. The molecule has 2 saturated heterocycles. The third-order valence-corrected chi connectivity index (χ3v) is 5.63. The summed E-state index contributed by atoms with van der Waals surface area (Å²) in [6.45, 7) is 10.2. The van der Waals surface area contributed by atoms with E-state index in [9.17, 15) is 0 Å². The smallest absolute Gasteiger partial charge is 0.0264 e. The van der Waals surface area contributed by atoms with Crippen LogP contribution in [0, 0.1) is 10.8 Å². The van der Waals surface area contributed by atoms with Gasteiger partial charge in [-0.1, -0.05) is 27.2 Å². The average Bonchev–Trinajstić information content (AvgIpc) is 2.52. The molecule has 0 aromatic heterocycles. The summed E-state index contributed by atoms with van der Waals surface area (Å²) in [5.74, 6) is 0. The van der Waals surface area contributed by atoms with Crippen LogP contribution in [0.3, 0.4) is 0 Å². The minimum atomic E-state index is 0.475. The molecule has 3 rings (SSSR count). The summed E-state index contributed by atoms with van der Waals surface area (Å²) in [5, 5.41) is 0. The lowest BCUT2D eigenvalue weighted by Crippen LogP contribution is -2.49. The van der Waals surface area contributed by atoms with Crippen LogP contribution in [0.5, 0.6) is 0 Å². The number of hydrogen-bond donors (Lipinski definition) is 0. The van der Waals surface area contributed by atoms with E-state index < -0.39 is 0 Å². The van der Waals surface area contributed by atoms with Crippen molar-refractivity contribution in [1.82, 2.24) is 4.90 Å². The van der Waals surface area contributed by atoms with Gasteiger partial charge in [-0.3, -0.25) is 4.90 Å². The van der Waals surface area contributed by atoms with E-state index in [1.54, 1.807) is 0 Å². The summed E-state index contributed by atoms with van der Waals surface area (Å²) < 4.78 is 0. The Balaban J connectivity index is 1.92. The van der Waals surface area contributed by atoms with Crippen LogP contribution in [-0.2, 0) is 0 Å². The second-order valence-electron chi connectivity index (χ2n) is 7.34. The molecule has 0 amide bonds. The molecule has 1 atom stereocenters. The zero-order valence-corrected chi connectivity index (χ0v) is 10.6. The Labute approximate surface area is 94.2 Å². The summed E-state index contributed by atoms with van der Waals surface area (Å²) in [4.78, 5) is 2.85. The lowest BCUT2D eigenvalue weighted by Gasteiger charge is -2.45. The summed E-state index contributed by atoms with van der Waals surface area (Å²) in [7, 11) is 0. The fourth-order valence-corrected chi connectivity index (χ4v) is 4.57. The van der Waals surface area contributed by atoms with Crippen molar-refractivity contribution >= 4 is 0 Å². The molecule has 3 aliphatic rings. The largest absolute Gasteiger partial charge is 0.297 e. The van der Waals surface area contributed by atoms with Crippen LogP contribution in [0.4, 0.5) is 0 Å². The van der Waals surface area contributed by atoms with Crippen molar-refractivity contribution in [2.75, 3.05) is 13.1 Å². The van der Waals surface area contributed by atoms with E-state index in [0.29, 0.717) is 11.0 Å². The lowest BCUT2D eigenvalue weighted by molar-refractivity contribution is 0.0608. The number of fused-ring (bicyclic) bond motifs is 1. The van der Waals surface area contributed by atoms with Gasteiger partial charge in [0.1, 0.15) is 0 Å². The van der Waals surface area contributed by atoms with Crippen LogP contribution in [0.25, 0.3) is 0 Å². The molecular weight excluding hydrogens is 182 g/mol. The fraction of sp³-hybridized carbons (Fsp3) is 1.00. The van der Waals surface area contributed by atoms with Crippen molar-refractivity contribution in [1.29, 1.82) is 0 Å². The molecule has 0 N–H and O–H groups in total. The van der Waals surface area contributed by atoms with Crippen LogP contribution in [0.15, 0.2) is 0 Å². The molecule has 3 fully saturated rings. The highest BCUT2D eigenvalue weighted by molar-refractivity contribution is 5.15. The maximum Gasteiger partial charge on any atom is 0.0264 e. The van der Waals surface area contributed by atoms with E-state index in [0.717, 1.165) is 5.41 Å². The van der Waals surface area contributed by atoms with Crippen molar-refractivity contribution in [3.8, 4) is 0 Å². The normalized spacial score (nSPS) is 39.4. The second kappa shape index (κ2) is 2.80. The first-order valence-corrected chi connectivity index (χ1v) is 6.73. The molecule has 2 aliphatic heterocycles. The van der Waals surface area contributed by atoms with Crippen LogP contribution in [-0.4, -0.2) is 23.5 Å². The number of rotatable bonds is 0. The van der Waals surface area contributed by atoms with Gasteiger partial charge in [0.15, 0.2) is 0 Å². The van der Waals surface area contributed by atoms with Gasteiger partial charge < -0.3 is 0 Å². The Bertz CT molecular complexity index is 272. The fourth-order valence-electron chi connectivity index (χ4n) is 4.57. The van der Waals surface area contributed by atoms with Gasteiger partial charge in [-0.2, -0.15) is 0 Å². The van der Waals surface area contributed by atoms with E-state index in [4.69, 9.17) is 0 Å². The SMILES string of the molecule is CC(C)(C)C12CCCN1CC1(CCC1)C2. The minimum Gasteiger partial charge on any atom is -0.297 e. The van der Waals surface area contributed by atoms with Gasteiger partial charge in [0.2, 0.25) is 0 Å². The van der Waals surface area contributed by atoms with Crippen LogP contribution in [0.2, 0.25) is 0 Å². The van der Waals surface area contributed by atoms with Crippen molar-refractivity contribution in [3.05, 3.63) is 0 Å². The zero-order chi connectivity index (χ0) is 10.7. The highest BCUT2D eigenvalue weighted by atomic mass is 15.3. The average molecular weight is 207 g/mol. The van der Waals surface area contributed by atoms with Gasteiger partial charge in [0.05, 0.1) is 0 Å². The van der Waals surface area contributed by atoms with Crippen LogP contribution < -0.4 is 0 Å². The summed E-state index contributed by atoms with van der Waals surface area (Å²) >= 11 is 0. The monoisotopic (exact) mass is 207 g/mol. The molecule has 15 heavy (non-hydrogen) atoms. The van der Waals surface area contributed by atoms with Crippen molar-refractivity contribution < 1.29 is 0 Å². The van der Waals surface area contributed by atoms with Crippen molar-refractivity contribution in [2.45, 2.75) is 64.8 Å². The molecule has 2 heterocycles.